The Morgan fingerprint density at radius 3 is 3.13 bits per heavy atom. The molecule has 15 heavy (non-hydrogen) atoms. The van der Waals surface area contributed by atoms with Gasteiger partial charge in [0.2, 0.25) is 0 Å². The lowest BCUT2D eigenvalue weighted by atomic mass is 10.1. The van der Waals surface area contributed by atoms with Gasteiger partial charge in [0.1, 0.15) is 0 Å². The highest BCUT2D eigenvalue weighted by Crippen LogP contribution is 2.29. The molecule has 0 saturated carbocycles. The molecule has 1 aromatic carbocycles. The molecule has 0 saturated heterocycles. The van der Waals surface area contributed by atoms with E-state index in [2.05, 4.69) is 5.32 Å². The molecule has 0 spiro atoms. The molecule has 1 atom stereocenters. The van der Waals surface area contributed by atoms with Crippen molar-refractivity contribution in [1.29, 1.82) is 0 Å². The van der Waals surface area contributed by atoms with Crippen LogP contribution >= 0.6 is 11.6 Å². The van der Waals surface area contributed by atoms with Crippen molar-refractivity contribution < 1.29 is 9.90 Å². The lowest BCUT2D eigenvalue weighted by Crippen LogP contribution is -2.16. The smallest absolute Gasteiger partial charge is 0.303 e. The number of carbonyl (C=O) groups is 1. The van der Waals surface area contributed by atoms with E-state index in [0.717, 1.165) is 17.1 Å². The zero-order valence-electron chi connectivity index (χ0n) is 8.16. The van der Waals surface area contributed by atoms with Gasteiger partial charge in [0, 0.05) is 23.2 Å². The SMILES string of the molecule is O=C(O)CCC1Cc2cc(Cl)ccc2N1. The van der Waals surface area contributed by atoms with Crippen molar-refractivity contribution in [2.75, 3.05) is 5.32 Å². The number of nitrogens with one attached hydrogen (secondary N) is 1. The Kier molecular flexibility index (Phi) is 2.82. The Labute approximate surface area is 93.1 Å². The number of halogens is 1. The number of anilines is 1. The highest BCUT2D eigenvalue weighted by molar-refractivity contribution is 6.30. The third-order valence-corrected chi connectivity index (χ3v) is 2.83. The first-order chi connectivity index (χ1) is 7.15. The first-order valence-electron chi connectivity index (χ1n) is 4.92. The van der Waals surface area contributed by atoms with E-state index in [1.54, 1.807) is 0 Å². The Bertz CT molecular complexity index is 392. The maximum atomic E-state index is 10.4. The van der Waals surface area contributed by atoms with Crippen molar-refractivity contribution in [3.63, 3.8) is 0 Å². The summed E-state index contributed by atoms with van der Waals surface area (Å²) in [4.78, 5) is 10.4. The molecule has 80 valence electrons. The fourth-order valence-electron chi connectivity index (χ4n) is 1.88. The molecule has 2 rings (SSSR count). The number of hydrogen-bond acceptors (Lipinski definition) is 2. The molecule has 3 nitrogen and oxygen atoms in total. The quantitative estimate of drug-likeness (QED) is 0.831. The minimum Gasteiger partial charge on any atom is -0.481 e. The molecule has 0 amide bonds. The number of benzene rings is 1. The molecule has 0 bridgehead atoms. The minimum absolute atomic E-state index is 0.208. The summed E-state index contributed by atoms with van der Waals surface area (Å²) in [6, 6.07) is 5.95. The van der Waals surface area contributed by atoms with Crippen LogP contribution in [0.15, 0.2) is 18.2 Å². The number of hydrogen-bond donors (Lipinski definition) is 2. The zero-order valence-corrected chi connectivity index (χ0v) is 8.92. The van der Waals surface area contributed by atoms with Crippen molar-refractivity contribution in [3.05, 3.63) is 28.8 Å². The summed E-state index contributed by atoms with van der Waals surface area (Å²) in [5.74, 6) is -0.745. The van der Waals surface area contributed by atoms with Crippen molar-refractivity contribution in [3.8, 4) is 0 Å². The molecule has 1 aliphatic heterocycles. The standard InChI is InChI=1S/C11H12ClNO2/c12-8-1-3-10-7(5-8)6-9(13-10)2-4-11(14)15/h1,3,5,9,13H,2,4,6H2,(H,14,15). The maximum Gasteiger partial charge on any atom is 0.303 e. The zero-order chi connectivity index (χ0) is 10.8. The number of rotatable bonds is 3. The van der Waals surface area contributed by atoms with Gasteiger partial charge in [-0.15, -0.1) is 0 Å². The van der Waals surface area contributed by atoms with Gasteiger partial charge in [0.25, 0.3) is 0 Å². The fraction of sp³-hybridized carbons (Fsp3) is 0.364. The first kappa shape index (κ1) is 10.3. The van der Waals surface area contributed by atoms with Crippen LogP contribution in [0.2, 0.25) is 5.02 Å². The van der Waals surface area contributed by atoms with E-state index >= 15 is 0 Å². The van der Waals surface area contributed by atoms with Gasteiger partial charge in [-0.05, 0) is 36.6 Å². The number of carboxylic acid groups (broad SMARTS) is 1. The molecule has 4 heteroatoms. The highest BCUT2D eigenvalue weighted by atomic mass is 35.5. The van der Waals surface area contributed by atoms with Crippen LogP contribution in [0.5, 0.6) is 0 Å². The monoisotopic (exact) mass is 225 g/mol. The summed E-state index contributed by atoms with van der Waals surface area (Å²) in [5.41, 5.74) is 2.26. The van der Waals surface area contributed by atoms with Crippen LogP contribution in [-0.2, 0) is 11.2 Å². The van der Waals surface area contributed by atoms with E-state index in [1.807, 2.05) is 18.2 Å². The molecule has 2 N–H and O–H groups in total. The molecule has 0 fully saturated rings. The lowest BCUT2D eigenvalue weighted by molar-refractivity contribution is -0.137. The average molecular weight is 226 g/mol. The van der Waals surface area contributed by atoms with Crippen molar-refractivity contribution >= 4 is 23.3 Å². The van der Waals surface area contributed by atoms with E-state index in [0.29, 0.717) is 6.42 Å². The van der Waals surface area contributed by atoms with E-state index in [-0.39, 0.29) is 12.5 Å². The predicted octanol–water partition coefficient (Wildman–Crippen LogP) is 2.54. The van der Waals surface area contributed by atoms with Gasteiger partial charge in [0.05, 0.1) is 0 Å². The number of carboxylic acids is 1. The molecule has 1 unspecified atom stereocenters. The molecular weight excluding hydrogens is 214 g/mol. The normalized spacial score (nSPS) is 18.3. The van der Waals surface area contributed by atoms with Gasteiger partial charge in [-0.2, -0.15) is 0 Å². The van der Waals surface area contributed by atoms with Gasteiger partial charge >= 0.3 is 5.97 Å². The second kappa shape index (κ2) is 4.11. The van der Waals surface area contributed by atoms with Gasteiger partial charge < -0.3 is 10.4 Å². The molecule has 1 aliphatic rings. The lowest BCUT2D eigenvalue weighted by Gasteiger charge is -2.08. The van der Waals surface area contributed by atoms with Gasteiger partial charge in [-0.3, -0.25) is 4.79 Å². The van der Waals surface area contributed by atoms with Crippen LogP contribution in [-0.4, -0.2) is 17.1 Å². The molecule has 1 aromatic rings. The van der Waals surface area contributed by atoms with Crippen LogP contribution < -0.4 is 5.32 Å². The number of aliphatic carboxylic acids is 1. The topological polar surface area (TPSA) is 49.3 Å². The summed E-state index contributed by atoms with van der Waals surface area (Å²) in [7, 11) is 0. The Hall–Kier alpha value is -1.22. The minimum atomic E-state index is -0.745. The summed E-state index contributed by atoms with van der Waals surface area (Å²) >= 11 is 5.88. The molecular formula is C11H12ClNO2. The molecule has 0 aromatic heterocycles. The van der Waals surface area contributed by atoms with Crippen molar-refractivity contribution in [2.24, 2.45) is 0 Å². The largest absolute Gasteiger partial charge is 0.481 e. The summed E-state index contributed by atoms with van der Waals surface area (Å²) in [6.07, 6.45) is 1.73. The summed E-state index contributed by atoms with van der Waals surface area (Å²) in [5, 5.41) is 12.6. The fourth-order valence-corrected chi connectivity index (χ4v) is 2.08. The maximum absolute atomic E-state index is 10.4. The van der Waals surface area contributed by atoms with Crippen molar-refractivity contribution in [2.45, 2.75) is 25.3 Å². The first-order valence-corrected chi connectivity index (χ1v) is 5.29. The summed E-state index contributed by atoms with van der Waals surface area (Å²) in [6.45, 7) is 0. The van der Waals surface area contributed by atoms with E-state index in [1.165, 1.54) is 5.56 Å². The molecule has 1 heterocycles. The van der Waals surface area contributed by atoms with E-state index in [4.69, 9.17) is 16.7 Å². The Morgan fingerprint density at radius 1 is 1.60 bits per heavy atom. The van der Waals surface area contributed by atoms with Crippen LogP contribution in [0.25, 0.3) is 0 Å². The predicted molar refractivity (Wildman–Crippen MR) is 59.4 cm³/mol. The third kappa shape index (κ3) is 2.42. The van der Waals surface area contributed by atoms with Crippen LogP contribution in [0.3, 0.4) is 0 Å². The van der Waals surface area contributed by atoms with Gasteiger partial charge in [0.15, 0.2) is 0 Å². The third-order valence-electron chi connectivity index (χ3n) is 2.60. The Balaban J connectivity index is 2.00. The molecule has 0 radical (unpaired) electrons. The second-order valence-electron chi connectivity index (χ2n) is 3.78. The summed E-state index contributed by atoms with van der Waals surface area (Å²) < 4.78 is 0. The average Bonchev–Trinajstić information content (AvgIpc) is 2.56. The van der Waals surface area contributed by atoms with Crippen LogP contribution in [0.1, 0.15) is 18.4 Å². The van der Waals surface area contributed by atoms with E-state index in [9.17, 15) is 4.79 Å². The van der Waals surface area contributed by atoms with Gasteiger partial charge in [-0.1, -0.05) is 11.6 Å². The molecule has 0 aliphatic carbocycles. The second-order valence-corrected chi connectivity index (χ2v) is 4.22. The van der Waals surface area contributed by atoms with Crippen molar-refractivity contribution in [1.82, 2.24) is 0 Å². The number of fused-ring (bicyclic) bond motifs is 1. The van der Waals surface area contributed by atoms with Crippen LogP contribution in [0, 0.1) is 0 Å². The Morgan fingerprint density at radius 2 is 2.40 bits per heavy atom. The van der Waals surface area contributed by atoms with Crippen LogP contribution in [0.4, 0.5) is 5.69 Å². The van der Waals surface area contributed by atoms with Gasteiger partial charge in [-0.25, -0.2) is 0 Å². The van der Waals surface area contributed by atoms with E-state index < -0.39 is 5.97 Å². The highest BCUT2D eigenvalue weighted by Gasteiger charge is 2.20.